The highest BCUT2D eigenvalue weighted by Crippen LogP contribution is 2.35. The quantitative estimate of drug-likeness (QED) is 0.285. The number of methoxy groups -OCH3 is 1. The first-order valence-corrected chi connectivity index (χ1v) is 12.4. The molecule has 14 heteroatoms. The molecule has 3 heterocycles. The van der Waals surface area contributed by atoms with Gasteiger partial charge in [-0.25, -0.2) is 9.78 Å². The Labute approximate surface area is 229 Å². The number of rotatable bonds is 7. The number of thiophene rings is 1. The fourth-order valence-corrected chi connectivity index (χ4v) is 4.83. The molecule has 4 aromatic rings. The molecular formula is C23H17Cl3N6O4S. The molecule has 0 spiro atoms. The van der Waals surface area contributed by atoms with Crippen LogP contribution in [-0.2, 0) is 6.54 Å². The maximum Gasteiger partial charge on any atom is 0.347 e. The van der Waals surface area contributed by atoms with E-state index >= 15 is 0 Å². The number of benzene rings is 1. The van der Waals surface area contributed by atoms with Crippen LogP contribution in [-0.4, -0.2) is 33.5 Å². The summed E-state index contributed by atoms with van der Waals surface area (Å²) in [5, 5.41) is 7.71. The average molecular weight is 580 g/mol. The van der Waals surface area contributed by atoms with Gasteiger partial charge in [-0.15, -0.1) is 11.3 Å². The van der Waals surface area contributed by atoms with Crippen molar-refractivity contribution >= 4 is 75.1 Å². The minimum absolute atomic E-state index is 0.0275. The van der Waals surface area contributed by atoms with Gasteiger partial charge < -0.3 is 21.1 Å². The molecular weight excluding hydrogens is 563 g/mol. The molecule has 2 amide bonds. The Balaban J connectivity index is 1.62. The van der Waals surface area contributed by atoms with Crippen LogP contribution < -0.4 is 26.8 Å². The molecule has 1 aromatic carbocycles. The van der Waals surface area contributed by atoms with Gasteiger partial charge in [-0.05, 0) is 23.6 Å². The number of ether oxygens (including phenoxy) is 1. The zero-order chi connectivity index (χ0) is 26.7. The maximum absolute atomic E-state index is 13.2. The number of aromatic nitrogens is 3. The van der Waals surface area contributed by atoms with Gasteiger partial charge in [0.1, 0.15) is 16.4 Å². The third kappa shape index (κ3) is 6.03. The summed E-state index contributed by atoms with van der Waals surface area (Å²) < 4.78 is 6.64. The van der Waals surface area contributed by atoms with E-state index in [1.165, 1.54) is 48.5 Å². The summed E-state index contributed by atoms with van der Waals surface area (Å²) in [5.41, 5.74) is 6.12. The smallest absolute Gasteiger partial charge is 0.347 e. The fourth-order valence-electron chi connectivity index (χ4n) is 3.26. The van der Waals surface area contributed by atoms with Gasteiger partial charge in [0.25, 0.3) is 11.8 Å². The van der Waals surface area contributed by atoms with E-state index in [2.05, 4.69) is 20.6 Å². The summed E-state index contributed by atoms with van der Waals surface area (Å²) in [7, 11) is 1.37. The molecule has 0 fully saturated rings. The van der Waals surface area contributed by atoms with E-state index in [9.17, 15) is 14.4 Å². The first-order chi connectivity index (χ1) is 17.7. The first-order valence-electron chi connectivity index (χ1n) is 10.4. The van der Waals surface area contributed by atoms with Gasteiger partial charge in [0.15, 0.2) is 0 Å². The van der Waals surface area contributed by atoms with Crippen LogP contribution in [0.4, 0.5) is 17.2 Å². The average Bonchev–Trinajstić information content (AvgIpc) is 3.23. The van der Waals surface area contributed by atoms with Crippen molar-refractivity contribution < 1.29 is 14.3 Å². The minimum Gasteiger partial charge on any atom is -0.494 e. The van der Waals surface area contributed by atoms with Crippen LogP contribution in [0.5, 0.6) is 5.75 Å². The number of carbonyl (C=O) groups excluding carboxylic acids is 2. The highest BCUT2D eigenvalue weighted by Gasteiger charge is 2.23. The molecule has 0 saturated carbocycles. The van der Waals surface area contributed by atoms with Gasteiger partial charge in [-0.3, -0.25) is 14.2 Å². The number of hydrogen-bond acceptors (Lipinski definition) is 8. The van der Waals surface area contributed by atoms with Gasteiger partial charge in [0.2, 0.25) is 0 Å². The second-order valence-electron chi connectivity index (χ2n) is 7.50. The van der Waals surface area contributed by atoms with Gasteiger partial charge in [0.05, 0.1) is 46.8 Å². The molecule has 0 bridgehead atoms. The Kier molecular flexibility index (Phi) is 7.98. The largest absolute Gasteiger partial charge is 0.494 e. The molecule has 190 valence electrons. The lowest BCUT2D eigenvalue weighted by atomic mass is 10.1. The van der Waals surface area contributed by atoms with Crippen molar-refractivity contribution in [3.63, 3.8) is 0 Å². The van der Waals surface area contributed by atoms with E-state index < -0.39 is 17.5 Å². The summed E-state index contributed by atoms with van der Waals surface area (Å²) in [6.07, 6.45) is 4.06. The Morgan fingerprint density at radius 1 is 1.08 bits per heavy atom. The summed E-state index contributed by atoms with van der Waals surface area (Å²) in [6, 6.07) is 5.92. The monoisotopic (exact) mass is 578 g/mol. The van der Waals surface area contributed by atoms with Gasteiger partial charge in [-0.2, -0.15) is 4.98 Å². The second kappa shape index (κ2) is 11.2. The lowest BCUT2D eigenvalue weighted by Crippen LogP contribution is -2.23. The van der Waals surface area contributed by atoms with Crippen molar-refractivity contribution in [2.45, 2.75) is 6.54 Å². The zero-order valence-corrected chi connectivity index (χ0v) is 22.0. The molecule has 0 aliphatic carbocycles. The number of nitrogen functional groups attached to an aromatic ring is 1. The summed E-state index contributed by atoms with van der Waals surface area (Å²) in [6.45, 7) is 0.0610. The van der Waals surface area contributed by atoms with E-state index in [0.29, 0.717) is 16.3 Å². The minimum atomic E-state index is -0.600. The third-order valence-corrected chi connectivity index (χ3v) is 6.97. The van der Waals surface area contributed by atoms with Crippen molar-refractivity contribution in [3.8, 4) is 5.75 Å². The first kappa shape index (κ1) is 26.4. The van der Waals surface area contributed by atoms with Crippen molar-refractivity contribution in [1.29, 1.82) is 0 Å². The van der Waals surface area contributed by atoms with Gasteiger partial charge in [-0.1, -0.05) is 34.8 Å². The van der Waals surface area contributed by atoms with Crippen molar-refractivity contribution in [3.05, 3.63) is 89.8 Å². The number of carbonyl (C=O) groups is 2. The number of halogens is 3. The number of nitrogens with zero attached hydrogens (tertiary/aromatic N) is 3. The molecule has 4 N–H and O–H groups in total. The number of anilines is 3. The van der Waals surface area contributed by atoms with E-state index in [1.54, 1.807) is 11.4 Å². The van der Waals surface area contributed by atoms with E-state index in [0.717, 1.165) is 11.3 Å². The summed E-state index contributed by atoms with van der Waals surface area (Å²) in [5.74, 6) is -0.806. The molecule has 37 heavy (non-hydrogen) atoms. The molecule has 0 unspecified atom stereocenters. The Morgan fingerprint density at radius 3 is 2.57 bits per heavy atom. The highest BCUT2D eigenvalue weighted by atomic mass is 35.5. The van der Waals surface area contributed by atoms with Crippen molar-refractivity contribution in [2.24, 2.45) is 0 Å². The van der Waals surface area contributed by atoms with Crippen LogP contribution in [0.1, 0.15) is 25.6 Å². The van der Waals surface area contributed by atoms with Crippen LogP contribution in [0, 0.1) is 0 Å². The van der Waals surface area contributed by atoms with Gasteiger partial charge in [0, 0.05) is 29.0 Å². The molecule has 0 saturated heterocycles. The Bertz CT molecular complexity index is 1560. The van der Waals surface area contributed by atoms with Crippen LogP contribution in [0.2, 0.25) is 15.1 Å². The fraction of sp³-hybridized carbons (Fsp3) is 0.0870. The highest BCUT2D eigenvalue weighted by molar-refractivity contribution is 7.13. The molecule has 0 aliphatic rings. The van der Waals surface area contributed by atoms with Crippen LogP contribution in [0.25, 0.3) is 0 Å². The third-order valence-electron chi connectivity index (χ3n) is 4.96. The Morgan fingerprint density at radius 2 is 1.86 bits per heavy atom. The van der Waals surface area contributed by atoms with E-state index in [-0.39, 0.29) is 44.3 Å². The van der Waals surface area contributed by atoms with Gasteiger partial charge >= 0.3 is 5.69 Å². The number of pyridine rings is 1. The second-order valence-corrected chi connectivity index (χ2v) is 9.63. The predicted octanol–water partition coefficient (Wildman–Crippen LogP) is 4.80. The summed E-state index contributed by atoms with van der Waals surface area (Å²) in [4.78, 5) is 46.2. The van der Waals surface area contributed by atoms with Crippen LogP contribution >= 0.6 is 46.1 Å². The van der Waals surface area contributed by atoms with Crippen LogP contribution in [0.15, 0.2) is 53.0 Å². The molecule has 4 rings (SSSR count). The number of amides is 2. The van der Waals surface area contributed by atoms with Crippen LogP contribution in [0.3, 0.4) is 0 Å². The normalized spacial score (nSPS) is 10.7. The molecule has 10 nitrogen and oxygen atoms in total. The molecule has 0 atom stereocenters. The molecule has 0 aliphatic heterocycles. The lowest BCUT2D eigenvalue weighted by Gasteiger charge is -2.15. The van der Waals surface area contributed by atoms with Crippen molar-refractivity contribution in [2.75, 3.05) is 23.5 Å². The van der Waals surface area contributed by atoms with E-state index in [1.807, 2.05) is 0 Å². The zero-order valence-electron chi connectivity index (χ0n) is 18.9. The topological polar surface area (TPSA) is 141 Å². The lowest BCUT2D eigenvalue weighted by molar-refractivity contribution is 0.102. The SMILES string of the molecule is COc1cc(Cl)cc(C(=O)Nc2ccc(Cl)cn2)c1NC(=O)c1scc(Cn2cc(N)cnc2=O)c1Cl. The number of nitrogens with one attached hydrogen (secondary N) is 2. The standard InChI is InChI=1S/C23H17Cl3N6O4S/c1-36-16-5-13(25)4-15(21(33)30-17-3-2-12(24)6-28-17)19(16)31-22(34)20-18(26)11(10-37-20)8-32-9-14(27)7-29-23(32)35/h2-7,9-10H,8,27H2,1H3,(H,31,34)(H,28,30,33). The molecule has 0 radical (unpaired) electrons. The van der Waals surface area contributed by atoms with Crippen molar-refractivity contribution in [1.82, 2.24) is 14.5 Å². The Hall–Kier alpha value is -3.64. The maximum atomic E-state index is 13.2. The number of nitrogens with two attached hydrogens (primary N) is 1. The predicted molar refractivity (Wildman–Crippen MR) is 144 cm³/mol. The molecule has 3 aromatic heterocycles. The van der Waals surface area contributed by atoms with E-state index in [4.69, 9.17) is 45.3 Å². The number of hydrogen-bond donors (Lipinski definition) is 3. The summed E-state index contributed by atoms with van der Waals surface area (Å²) >= 11 is 19.6.